The number of halogens is 2. The molecule has 0 bridgehead atoms. The molecule has 0 amide bonds. The van der Waals surface area contributed by atoms with E-state index < -0.39 is 5.92 Å². The first-order chi connectivity index (χ1) is 7.64. The Hall–Kier alpha value is -0.920. The Morgan fingerprint density at radius 3 is 2.25 bits per heavy atom. The highest BCUT2D eigenvalue weighted by atomic mass is 19.3. The van der Waals surface area contributed by atoms with E-state index in [1.807, 2.05) is 37.3 Å². The van der Waals surface area contributed by atoms with Crippen LogP contribution in [0.5, 0.6) is 0 Å². The zero-order chi connectivity index (χ0) is 11.9. The van der Waals surface area contributed by atoms with Crippen LogP contribution < -0.4 is 0 Å². The molecule has 90 valence electrons. The molecule has 0 atom stereocenters. The van der Waals surface area contributed by atoms with Crippen LogP contribution in [-0.4, -0.2) is 5.92 Å². The molecule has 0 saturated heterocycles. The summed E-state index contributed by atoms with van der Waals surface area (Å²) in [6.45, 7) is 1.94. The summed E-state index contributed by atoms with van der Waals surface area (Å²) in [7, 11) is 0. The van der Waals surface area contributed by atoms with Gasteiger partial charge in [0.15, 0.2) is 0 Å². The number of hydrogen-bond acceptors (Lipinski definition) is 0. The number of unbranched alkanes of at least 4 members (excludes halogenated alkanes) is 1. The average Bonchev–Trinajstić information content (AvgIpc) is 2.28. The summed E-state index contributed by atoms with van der Waals surface area (Å²) in [6.07, 6.45) is 2.84. The topological polar surface area (TPSA) is 0 Å². The van der Waals surface area contributed by atoms with Crippen LogP contribution in [0.4, 0.5) is 8.78 Å². The lowest BCUT2D eigenvalue weighted by Gasteiger charge is -2.15. The van der Waals surface area contributed by atoms with Crippen LogP contribution >= 0.6 is 0 Å². The van der Waals surface area contributed by atoms with E-state index in [-0.39, 0.29) is 12.8 Å². The molecule has 0 nitrogen and oxygen atoms in total. The maximum atomic E-state index is 13.3. The van der Waals surface area contributed by atoms with E-state index >= 15 is 0 Å². The summed E-state index contributed by atoms with van der Waals surface area (Å²) in [5, 5.41) is 0. The van der Waals surface area contributed by atoms with Gasteiger partial charge in [-0.2, -0.15) is 0 Å². The molecule has 0 aliphatic carbocycles. The molecule has 0 N–H and O–H groups in total. The molecular formula is C14H20F2. The summed E-state index contributed by atoms with van der Waals surface area (Å²) in [4.78, 5) is 0. The quantitative estimate of drug-likeness (QED) is 0.624. The van der Waals surface area contributed by atoms with Gasteiger partial charge in [0.25, 0.3) is 0 Å². The summed E-state index contributed by atoms with van der Waals surface area (Å²) >= 11 is 0. The third-order valence-electron chi connectivity index (χ3n) is 2.75. The molecule has 0 aromatic heterocycles. The minimum Gasteiger partial charge on any atom is -0.207 e. The fourth-order valence-corrected chi connectivity index (χ4v) is 1.76. The van der Waals surface area contributed by atoms with Gasteiger partial charge in [-0.25, -0.2) is 8.78 Å². The van der Waals surface area contributed by atoms with Gasteiger partial charge in [-0.3, -0.25) is 0 Å². The monoisotopic (exact) mass is 226 g/mol. The van der Waals surface area contributed by atoms with Gasteiger partial charge in [0.2, 0.25) is 5.92 Å². The van der Waals surface area contributed by atoms with Crippen molar-refractivity contribution in [3.05, 3.63) is 35.9 Å². The second kappa shape index (κ2) is 6.62. The number of aryl methyl sites for hydroxylation is 1. The summed E-state index contributed by atoms with van der Waals surface area (Å²) in [6, 6.07) is 9.82. The highest BCUT2D eigenvalue weighted by Crippen LogP contribution is 2.27. The molecule has 1 aromatic rings. The van der Waals surface area contributed by atoms with E-state index in [0.717, 1.165) is 18.4 Å². The zero-order valence-corrected chi connectivity index (χ0v) is 9.89. The number of benzene rings is 1. The molecule has 1 aromatic carbocycles. The fraction of sp³-hybridized carbons (Fsp3) is 0.571. The molecule has 0 radical (unpaired) electrons. The van der Waals surface area contributed by atoms with Crippen molar-refractivity contribution in [1.29, 1.82) is 0 Å². The third kappa shape index (κ3) is 5.24. The van der Waals surface area contributed by atoms with E-state index in [9.17, 15) is 8.78 Å². The second-order valence-corrected chi connectivity index (χ2v) is 4.30. The number of alkyl halides is 2. The molecule has 2 heteroatoms. The molecule has 16 heavy (non-hydrogen) atoms. The largest absolute Gasteiger partial charge is 0.248 e. The Morgan fingerprint density at radius 1 is 1.00 bits per heavy atom. The smallest absolute Gasteiger partial charge is 0.207 e. The molecule has 0 unspecified atom stereocenters. The summed E-state index contributed by atoms with van der Waals surface area (Å²) in [5.41, 5.74) is 1.15. The van der Waals surface area contributed by atoms with Gasteiger partial charge >= 0.3 is 0 Å². The molecule has 0 fully saturated rings. The normalized spacial score (nSPS) is 11.7. The second-order valence-electron chi connectivity index (χ2n) is 4.30. The highest BCUT2D eigenvalue weighted by Gasteiger charge is 2.26. The SMILES string of the molecule is CCCCC(F)(F)CCCc1ccccc1. The molecule has 1 rings (SSSR count). The maximum absolute atomic E-state index is 13.3. The van der Waals surface area contributed by atoms with Crippen molar-refractivity contribution in [2.24, 2.45) is 0 Å². The van der Waals surface area contributed by atoms with Crippen molar-refractivity contribution >= 4 is 0 Å². The van der Waals surface area contributed by atoms with Crippen molar-refractivity contribution in [2.45, 2.75) is 51.4 Å². The summed E-state index contributed by atoms with van der Waals surface area (Å²) in [5.74, 6) is -2.47. The highest BCUT2D eigenvalue weighted by molar-refractivity contribution is 5.14. The minimum absolute atomic E-state index is 0.0158. The van der Waals surface area contributed by atoms with Crippen LogP contribution in [-0.2, 0) is 6.42 Å². The van der Waals surface area contributed by atoms with Crippen LogP contribution in [0, 0.1) is 0 Å². The standard InChI is InChI=1S/C14H20F2/c1-2-3-11-14(15,16)12-7-10-13-8-5-4-6-9-13/h4-6,8-9H,2-3,7,10-12H2,1H3. The van der Waals surface area contributed by atoms with Gasteiger partial charge in [0, 0.05) is 12.8 Å². The van der Waals surface area contributed by atoms with E-state index in [0.29, 0.717) is 12.8 Å². The Bertz CT molecular complexity index is 280. The molecule has 0 aliphatic heterocycles. The first-order valence-electron chi connectivity index (χ1n) is 6.06. The van der Waals surface area contributed by atoms with Gasteiger partial charge in [0.05, 0.1) is 0 Å². The predicted octanol–water partition coefficient (Wildman–Crippen LogP) is 4.83. The maximum Gasteiger partial charge on any atom is 0.248 e. The Labute approximate surface area is 96.7 Å². The first kappa shape index (κ1) is 13.1. The van der Waals surface area contributed by atoms with Crippen LogP contribution in [0.3, 0.4) is 0 Å². The lowest BCUT2D eigenvalue weighted by Crippen LogP contribution is -2.15. The van der Waals surface area contributed by atoms with Gasteiger partial charge in [-0.1, -0.05) is 43.7 Å². The molecule has 0 spiro atoms. The summed E-state index contributed by atoms with van der Waals surface area (Å²) < 4.78 is 26.6. The number of rotatable bonds is 7. The van der Waals surface area contributed by atoms with Crippen LogP contribution in [0.15, 0.2) is 30.3 Å². The van der Waals surface area contributed by atoms with Gasteiger partial charge in [0.1, 0.15) is 0 Å². The van der Waals surface area contributed by atoms with Gasteiger partial charge < -0.3 is 0 Å². The molecule has 0 saturated carbocycles. The van der Waals surface area contributed by atoms with Crippen molar-refractivity contribution in [2.75, 3.05) is 0 Å². The first-order valence-corrected chi connectivity index (χ1v) is 6.06. The van der Waals surface area contributed by atoms with Crippen molar-refractivity contribution in [3.63, 3.8) is 0 Å². The van der Waals surface area contributed by atoms with Crippen LogP contribution in [0.1, 0.15) is 44.6 Å². The van der Waals surface area contributed by atoms with E-state index in [2.05, 4.69) is 0 Å². The van der Waals surface area contributed by atoms with Crippen LogP contribution in [0.2, 0.25) is 0 Å². The fourth-order valence-electron chi connectivity index (χ4n) is 1.76. The molecule has 0 aliphatic rings. The minimum atomic E-state index is -2.47. The Kier molecular flexibility index (Phi) is 5.44. The van der Waals surface area contributed by atoms with Crippen LogP contribution in [0.25, 0.3) is 0 Å². The van der Waals surface area contributed by atoms with E-state index in [1.165, 1.54) is 0 Å². The van der Waals surface area contributed by atoms with Crippen molar-refractivity contribution in [3.8, 4) is 0 Å². The average molecular weight is 226 g/mol. The number of hydrogen-bond donors (Lipinski definition) is 0. The third-order valence-corrected chi connectivity index (χ3v) is 2.75. The van der Waals surface area contributed by atoms with Gasteiger partial charge in [-0.05, 0) is 24.8 Å². The molecular weight excluding hydrogens is 206 g/mol. The lowest BCUT2D eigenvalue weighted by molar-refractivity contribution is -0.0196. The predicted molar refractivity (Wildman–Crippen MR) is 63.9 cm³/mol. The van der Waals surface area contributed by atoms with Gasteiger partial charge in [-0.15, -0.1) is 0 Å². The lowest BCUT2D eigenvalue weighted by atomic mass is 10.0. The van der Waals surface area contributed by atoms with E-state index in [1.54, 1.807) is 0 Å². The van der Waals surface area contributed by atoms with E-state index in [4.69, 9.17) is 0 Å². The van der Waals surface area contributed by atoms with Crippen molar-refractivity contribution < 1.29 is 8.78 Å². The zero-order valence-electron chi connectivity index (χ0n) is 9.89. The Balaban J connectivity index is 2.24. The molecule has 0 heterocycles. The van der Waals surface area contributed by atoms with Crippen molar-refractivity contribution in [1.82, 2.24) is 0 Å². The Morgan fingerprint density at radius 2 is 1.62 bits per heavy atom.